The van der Waals surface area contributed by atoms with Crippen molar-refractivity contribution in [3.63, 3.8) is 0 Å². The minimum absolute atomic E-state index is 0. The van der Waals surface area contributed by atoms with Gasteiger partial charge in [-0.15, -0.1) is 0 Å². The predicted molar refractivity (Wildman–Crippen MR) is 40.1 cm³/mol. The Hall–Kier alpha value is 1.63. The monoisotopic (exact) mass is 214 g/mol. The molecule has 0 rings (SSSR count). The van der Waals surface area contributed by atoms with Crippen molar-refractivity contribution in [2.75, 3.05) is 5.33 Å². The zero-order chi connectivity index (χ0) is 6.28. The van der Waals surface area contributed by atoms with Crippen LogP contribution >= 0.6 is 24.2 Å². The van der Waals surface area contributed by atoms with Crippen LogP contribution in [0, 0.1) is 0 Å². The van der Waals surface area contributed by atoms with Crippen LogP contribution in [0.1, 0.15) is 6.92 Å². The van der Waals surface area contributed by atoms with Gasteiger partial charge in [-0.25, -0.2) is 0 Å². The van der Waals surface area contributed by atoms with E-state index in [1.54, 1.807) is 0 Å². The zero-order valence-electron chi connectivity index (χ0n) is 3.89. The first kappa shape index (κ1) is 16.3. The van der Waals surface area contributed by atoms with E-state index in [1.807, 2.05) is 6.92 Å². The van der Waals surface area contributed by atoms with Crippen molar-refractivity contribution in [1.29, 1.82) is 0 Å². The summed E-state index contributed by atoms with van der Waals surface area (Å²) in [5.74, 6) is 0. The van der Waals surface area contributed by atoms with E-state index in [-0.39, 0.29) is 29.6 Å². The van der Waals surface area contributed by atoms with E-state index in [9.17, 15) is 0 Å². The van der Waals surface area contributed by atoms with Gasteiger partial charge in [-0.05, 0) is 0 Å². The van der Waals surface area contributed by atoms with Gasteiger partial charge in [0, 0.05) is 5.33 Å². The second-order valence-corrected chi connectivity index (χ2v) is 2.24. The second-order valence-electron chi connectivity index (χ2n) is 0.550. The van der Waals surface area contributed by atoms with Crippen LogP contribution in [-0.4, -0.2) is 44.7 Å². The van der Waals surface area contributed by atoms with Crippen LogP contribution in [0.4, 0.5) is 0 Å². The summed E-state index contributed by atoms with van der Waals surface area (Å²) < 4.78 is 8.74. The molecule has 0 aromatic rings. The van der Waals surface area contributed by atoms with Crippen LogP contribution in [0.5, 0.6) is 0 Å². The molecular formula is C2H9BrNaO3P. The molecule has 0 spiro atoms. The molecule has 0 amide bonds. The Morgan fingerprint density at radius 1 is 1.62 bits per heavy atom. The van der Waals surface area contributed by atoms with Gasteiger partial charge in [0.15, 0.2) is 0 Å². The molecule has 0 aromatic carbocycles. The molecule has 3 nitrogen and oxygen atoms in total. The van der Waals surface area contributed by atoms with Crippen LogP contribution < -0.4 is 0 Å². The molecular weight excluding hydrogens is 206 g/mol. The Morgan fingerprint density at radius 2 is 1.62 bits per heavy atom. The first-order chi connectivity index (χ1) is 3.15. The SMILES string of the molecule is CCBr.O=[PH](O)O.[NaH]. The van der Waals surface area contributed by atoms with Crippen LogP contribution in [0.15, 0.2) is 0 Å². The third-order valence-corrected chi connectivity index (χ3v) is 0. The first-order valence-corrected chi connectivity index (χ1v) is 4.05. The van der Waals surface area contributed by atoms with E-state index in [4.69, 9.17) is 14.4 Å². The molecule has 6 heteroatoms. The predicted octanol–water partition coefficient (Wildman–Crippen LogP) is 0.113. The molecule has 0 atom stereocenters. The molecule has 0 aliphatic heterocycles. The molecule has 0 radical (unpaired) electrons. The average molecular weight is 215 g/mol. The topological polar surface area (TPSA) is 57.5 Å². The Labute approximate surface area is 79.9 Å². The van der Waals surface area contributed by atoms with Gasteiger partial charge in [0.1, 0.15) is 0 Å². The third kappa shape index (κ3) is 126. The van der Waals surface area contributed by atoms with Gasteiger partial charge in [-0.1, -0.05) is 22.9 Å². The van der Waals surface area contributed by atoms with Crippen molar-refractivity contribution in [3.05, 3.63) is 0 Å². The van der Waals surface area contributed by atoms with Gasteiger partial charge in [0.05, 0.1) is 0 Å². The van der Waals surface area contributed by atoms with E-state index in [0.29, 0.717) is 0 Å². The second kappa shape index (κ2) is 15.9. The summed E-state index contributed by atoms with van der Waals surface area (Å²) >= 11 is 3.15. The van der Waals surface area contributed by atoms with Gasteiger partial charge >= 0.3 is 37.8 Å². The average Bonchev–Trinajstić information content (AvgIpc) is 1.33. The first-order valence-electron chi connectivity index (χ1n) is 1.63. The summed E-state index contributed by atoms with van der Waals surface area (Å²) in [5.41, 5.74) is 0. The van der Waals surface area contributed by atoms with Crippen LogP contribution in [0.2, 0.25) is 0 Å². The molecule has 0 aliphatic rings. The van der Waals surface area contributed by atoms with Gasteiger partial charge < -0.3 is 9.79 Å². The molecule has 0 fully saturated rings. The molecule has 0 bridgehead atoms. The number of rotatable bonds is 0. The maximum atomic E-state index is 8.74. The number of halogens is 1. The summed E-state index contributed by atoms with van der Waals surface area (Å²) in [5, 5.41) is 1.06. The van der Waals surface area contributed by atoms with Crippen LogP contribution in [0.3, 0.4) is 0 Å². The Balaban J connectivity index is -0.0000000575. The Kier molecular flexibility index (Phi) is 32.3. The van der Waals surface area contributed by atoms with Crippen molar-refractivity contribution in [3.8, 4) is 0 Å². The zero-order valence-corrected chi connectivity index (χ0v) is 6.47. The third-order valence-electron chi connectivity index (χ3n) is 0. The number of hydrogen-bond donors (Lipinski definition) is 2. The molecule has 2 N–H and O–H groups in total. The van der Waals surface area contributed by atoms with Crippen molar-refractivity contribution < 1.29 is 14.4 Å². The fourth-order valence-corrected chi connectivity index (χ4v) is 0. The summed E-state index contributed by atoms with van der Waals surface area (Å²) in [6, 6.07) is 0. The summed E-state index contributed by atoms with van der Waals surface area (Å²) in [7, 11) is -3.13. The minimum atomic E-state index is -3.13. The van der Waals surface area contributed by atoms with E-state index in [1.165, 1.54) is 0 Å². The number of alkyl halides is 1. The molecule has 48 valence electrons. The molecule has 0 unspecified atom stereocenters. The van der Waals surface area contributed by atoms with Gasteiger partial charge in [-0.2, -0.15) is 0 Å². The van der Waals surface area contributed by atoms with Crippen molar-refractivity contribution in [2.24, 2.45) is 0 Å². The van der Waals surface area contributed by atoms with E-state index in [2.05, 4.69) is 15.9 Å². The number of hydrogen-bond acceptors (Lipinski definition) is 1. The Bertz CT molecular complexity index is 48.5. The molecule has 0 aliphatic carbocycles. The maximum absolute atomic E-state index is 8.74. The normalized spacial score (nSPS) is 6.62. The summed E-state index contributed by atoms with van der Waals surface area (Å²) in [4.78, 5) is 14.3. The van der Waals surface area contributed by atoms with Crippen molar-refractivity contribution in [2.45, 2.75) is 6.92 Å². The fourth-order valence-electron chi connectivity index (χ4n) is 0. The van der Waals surface area contributed by atoms with Gasteiger partial charge in [0.25, 0.3) is 0 Å². The molecule has 0 saturated heterocycles. The van der Waals surface area contributed by atoms with Crippen LogP contribution in [-0.2, 0) is 4.57 Å². The van der Waals surface area contributed by atoms with Crippen LogP contribution in [0.25, 0.3) is 0 Å². The quantitative estimate of drug-likeness (QED) is 0.342. The van der Waals surface area contributed by atoms with E-state index < -0.39 is 8.25 Å². The summed E-state index contributed by atoms with van der Waals surface area (Å²) in [6.07, 6.45) is 0. The van der Waals surface area contributed by atoms with E-state index in [0.717, 1.165) is 5.33 Å². The molecule has 0 aromatic heterocycles. The fraction of sp³-hybridized carbons (Fsp3) is 1.00. The molecule has 0 saturated carbocycles. The summed E-state index contributed by atoms with van der Waals surface area (Å²) in [6.45, 7) is 2.04. The molecule has 8 heavy (non-hydrogen) atoms. The Morgan fingerprint density at radius 3 is 1.62 bits per heavy atom. The molecule has 0 heterocycles. The standard InChI is InChI=1S/C2H5Br.Na.H3O3P.H/c1-2-3;;1-4(2)3;/h2H2,1H3;;4H,(H2,1,2,3);. The van der Waals surface area contributed by atoms with Gasteiger partial charge in [-0.3, -0.25) is 4.57 Å². The van der Waals surface area contributed by atoms with E-state index >= 15 is 0 Å². The van der Waals surface area contributed by atoms with Crippen molar-refractivity contribution in [1.82, 2.24) is 0 Å². The van der Waals surface area contributed by atoms with Crippen molar-refractivity contribution >= 4 is 53.7 Å². The van der Waals surface area contributed by atoms with Gasteiger partial charge in [0.2, 0.25) is 0 Å².